The number of hydrogen-bond acceptors (Lipinski definition) is 2. The Bertz CT molecular complexity index is 973. The van der Waals surface area contributed by atoms with Crippen molar-refractivity contribution >= 4 is 0 Å². The first-order valence-electron chi connectivity index (χ1n) is 9.44. The summed E-state index contributed by atoms with van der Waals surface area (Å²) in [5.74, 6) is 0. The van der Waals surface area contributed by atoms with E-state index in [-0.39, 0.29) is 0 Å². The van der Waals surface area contributed by atoms with E-state index in [0.29, 0.717) is 0 Å². The average Bonchev–Trinajstić information content (AvgIpc) is 2.80. The molecule has 0 amide bonds. The minimum atomic E-state index is -1.32. The van der Waals surface area contributed by atoms with E-state index in [2.05, 4.69) is 24.3 Å². The molecule has 28 heavy (non-hydrogen) atoms. The fourth-order valence-corrected chi connectivity index (χ4v) is 3.66. The first kappa shape index (κ1) is 18.2. The van der Waals surface area contributed by atoms with E-state index in [4.69, 9.17) is 5.73 Å². The number of aliphatic hydroxyl groups is 1. The van der Waals surface area contributed by atoms with Gasteiger partial charge in [0.1, 0.15) is 5.60 Å². The molecule has 0 spiro atoms. The van der Waals surface area contributed by atoms with Crippen molar-refractivity contribution < 1.29 is 5.11 Å². The highest BCUT2D eigenvalue weighted by Gasteiger charge is 2.38. The molecule has 0 heterocycles. The van der Waals surface area contributed by atoms with Crippen molar-refractivity contribution in [1.29, 1.82) is 0 Å². The topological polar surface area (TPSA) is 46.2 Å². The van der Waals surface area contributed by atoms with Gasteiger partial charge in [-0.3, -0.25) is 0 Å². The van der Waals surface area contributed by atoms with E-state index in [1.54, 1.807) is 0 Å². The zero-order valence-electron chi connectivity index (χ0n) is 15.6. The molecule has 1 atom stereocenters. The first-order valence-corrected chi connectivity index (χ1v) is 9.44. The summed E-state index contributed by atoms with van der Waals surface area (Å²) in [6.07, 6.45) is 0. The Morgan fingerprint density at radius 3 is 1.39 bits per heavy atom. The van der Waals surface area contributed by atoms with Crippen LogP contribution in [-0.4, -0.2) is 5.11 Å². The number of benzene rings is 4. The van der Waals surface area contributed by atoms with Crippen LogP contribution in [0.25, 0.3) is 11.1 Å². The third-order valence-electron chi connectivity index (χ3n) is 5.25. The number of rotatable bonds is 5. The maximum Gasteiger partial charge on any atom is 0.134 e. The molecular formula is C26H23NO. The zero-order valence-corrected chi connectivity index (χ0v) is 15.6. The third-order valence-corrected chi connectivity index (χ3v) is 5.25. The summed E-state index contributed by atoms with van der Waals surface area (Å²) < 4.78 is 0. The predicted molar refractivity (Wildman–Crippen MR) is 115 cm³/mol. The molecule has 138 valence electrons. The Balaban J connectivity index is 1.75. The second kappa shape index (κ2) is 7.81. The van der Waals surface area contributed by atoms with Crippen molar-refractivity contribution in [3.63, 3.8) is 0 Å². The summed E-state index contributed by atoms with van der Waals surface area (Å²) in [6.45, 7) is 0. The zero-order chi connectivity index (χ0) is 19.4. The molecule has 0 saturated heterocycles. The van der Waals surface area contributed by atoms with Crippen molar-refractivity contribution in [2.75, 3.05) is 0 Å². The summed E-state index contributed by atoms with van der Waals surface area (Å²) in [5, 5.41) is 11.8. The second-order valence-corrected chi connectivity index (χ2v) is 6.96. The fraction of sp³-hybridized carbons (Fsp3) is 0.0769. The van der Waals surface area contributed by atoms with Crippen molar-refractivity contribution in [1.82, 2.24) is 0 Å². The van der Waals surface area contributed by atoms with Crippen LogP contribution in [0.15, 0.2) is 115 Å². The third kappa shape index (κ3) is 3.36. The lowest BCUT2D eigenvalue weighted by molar-refractivity contribution is 0.0512. The lowest BCUT2D eigenvalue weighted by Crippen LogP contribution is -2.39. The molecule has 4 aromatic rings. The highest BCUT2D eigenvalue weighted by atomic mass is 16.3. The van der Waals surface area contributed by atoms with Gasteiger partial charge in [-0.05, 0) is 27.8 Å². The van der Waals surface area contributed by atoms with Gasteiger partial charge >= 0.3 is 0 Å². The molecule has 4 aromatic carbocycles. The maximum atomic E-state index is 11.8. The summed E-state index contributed by atoms with van der Waals surface area (Å²) in [7, 11) is 0. The average molecular weight is 365 g/mol. The molecule has 3 N–H and O–H groups in total. The highest BCUT2D eigenvalue weighted by Crippen LogP contribution is 2.39. The van der Waals surface area contributed by atoms with Crippen LogP contribution in [0.2, 0.25) is 0 Å². The Morgan fingerprint density at radius 2 is 0.929 bits per heavy atom. The first-order chi connectivity index (χ1) is 13.7. The van der Waals surface area contributed by atoms with E-state index in [9.17, 15) is 5.11 Å². The Morgan fingerprint density at radius 1 is 0.536 bits per heavy atom. The number of hydrogen-bond donors (Lipinski definition) is 2. The molecule has 0 bridgehead atoms. The summed E-state index contributed by atoms with van der Waals surface area (Å²) in [5.41, 5.74) is 10.1. The molecule has 0 aliphatic heterocycles. The quantitative estimate of drug-likeness (QED) is 0.505. The molecule has 0 aliphatic rings. The monoisotopic (exact) mass is 365 g/mol. The molecule has 0 aromatic heterocycles. The van der Waals surface area contributed by atoms with Crippen molar-refractivity contribution in [2.24, 2.45) is 5.73 Å². The molecule has 0 unspecified atom stereocenters. The van der Waals surface area contributed by atoms with Crippen LogP contribution in [-0.2, 0) is 5.60 Å². The second-order valence-electron chi connectivity index (χ2n) is 6.96. The molecule has 0 radical (unpaired) electrons. The van der Waals surface area contributed by atoms with Gasteiger partial charge in [0.2, 0.25) is 0 Å². The summed E-state index contributed by atoms with van der Waals surface area (Å²) in [6, 6.07) is 37.0. The van der Waals surface area contributed by atoms with Gasteiger partial charge in [-0.15, -0.1) is 0 Å². The SMILES string of the molecule is N[C@H](c1ccc(-c2ccccc2)cc1)C(O)(c1ccccc1)c1ccccc1. The van der Waals surface area contributed by atoms with Crippen LogP contribution in [0.4, 0.5) is 0 Å². The molecule has 4 rings (SSSR count). The van der Waals surface area contributed by atoms with Gasteiger partial charge in [0.15, 0.2) is 0 Å². The van der Waals surface area contributed by atoms with Gasteiger partial charge in [-0.25, -0.2) is 0 Å². The van der Waals surface area contributed by atoms with Gasteiger partial charge in [0, 0.05) is 0 Å². The van der Waals surface area contributed by atoms with Gasteiger partial charge < -0.3 is 10.8 Å². The fourth-order valence-electron chi connectivity index (χ4n) is 3.66. The van der Waals surface area contributed by atoms with Gasteiger partial charge in [0.25, 0.3) is 0 Å². The Hall–Kier alpha value is -3.20. The molecule has 0 aliphatic carbocycles. The lowest BCUT2D eigenvalue weighted by atomic mass is 9.77. The van der Waals surface area contributed by atoms with Gasteiger partial charge in [-0.1, -0.05) is 115 Å². The van der Waals surface area contributed by atoms with Crippen LogP contribution >= 0.6 is 0 Å². The van der Waals surface area contributed by atoms with E-state index < -0.39 is 11.6 Å². The normalized spacial score (nSPS) is 12.5. The van der Waals surface area contributed by atoms with Gasteiger partial charge in [0.05, 0.1) is 6.04 Å². The van der Waals surface area contributed by atoms with Crippen LogP contribution in [0, 0.1) is 0 Å². The van der Waals surface area contributed by atoms with Crippen LogP contribution in [0.3, 0.4) is 0 Å². The summed E-state index contributed by atoms with van der Waals surface area (Å²) in [4.78, 5) is 0. The number of nitrogens with two attached hydrogens (primary N) is 1. The summed E-state index contributed by atoms with van der Waals surface area (Å²) >= 11 is 0. The molecule has 0 saturated carbocycles. The predicted octanol–water partition coefficient (Wildman–Crippen LogP) is 5.29. The van der Waals surface area contributed by atoms with Crippen LogP contribution < -0.4 is 5.73 Å². The van der Waals surface area contributed by atoms with E-state index in [1.807, 2.05) is 91.0 Å². The Labute approximate surface area is 165 Å². The minimum absolute atomic E-state index is 0.609. The van der Waals surface area contributed by atoms with Crippen molar-refractivity contribution in [3.05, 3.63) is 132 Å². The Kier molecular flexibility index (Phi) is 5.07. The van der Waals surface area contributed by atoms with Crippen molar-refractivity contribution in [3.8, 4) is 11.1 Å². The van der Waals surface area contributed by atoms with E-state index in [0.717, 1.165) is 27.8 Å². The maximum absolute atomic E-state index is 11.8. The molecule has 2 nitrogen and oxygen atoms in total. The van der Waals surface area contributed by atoms with E-state index >= 15 is 0 Å². The van der Waals surface area contributed by atoms with Crippen LogP contribution in [0.5, 0.6) is 0 Å². The molecule has 2 heteroatoms. The smallest absolute Gasteiger partial charge is 0.134 e. The largest absolute Gasteiger partial charge is 0.378 e. The van der Waals surface area contributed by atoms with Gasteiger partial charge in [-0.2, -0.15) is 0 Å². The lowest BCUT2D eigenvalue weighted by Gasteiger charge is -2.35. The highest BCUT2D eigenvalue weighted by molar-refractivity contribution is 5.63. The van der Waals surface area contributed by atoms with Crippen molar-refractivity contribution in [2.45, 2.75) is 11.6 Å². The van der Waals surface area contributed by atoms with Crippen LogP contribution in [0.1, 0.15) is 22.7 Å². The molecular weight excluding hydrogens is 342 g/mol. The minimum Gasteiger partial charge on any atom is -0.378 e. The molecule has 0 fully saturated rings. The van der Waals surface area contributed by atoms with E-state index in [1.165, 1.54) is 0 Å². The standard InChI is InChI=1S/C26H23NO/c27-25(22-18-16-21(17-19-22)20-10-4-1-5-11-20)26(28,23-12-6-2-7-13-23)24-14-8-3-9-15-24/h1-19,25,28H,27H2/t25-/m1/s1.